The molecule has 0 atom stereocenters. The van der Waals surface area contributed by atoms with Crippen LogP contribution in [0.15, 0.2) is 30.5 Å². The number of carboxylic acids is 1. The van der Waals surface area contributed by atoms with E-state index in [4.69, 9.17) is 5.11 Å². The van der Waals surface area contributed by atoms with E-state index in [1.165, 1.54) is 17.4 Å². The number of hydrogen-bond acceptors (Lipinski definition) is 1. The third kappa shape index (κ3) is 4.12. The molecule has 2 aromatic rings. The molecule has 0 unspecified atom stereocenters. The first kappa shape index (κ1) is 15.3. The van der Waals surface area contributed by atoms with Crippen LogP contribution in [-0.2, 0) is 17.8 Å². The fourth-order valence-corrected chi connectivity index (χ4v) is 2.07. The molecule has 1 aromatic carbocycles. The second-order valence-electron chi connectivity index (χ2n) is 4.65. The highest BCUT2D eigenvalue weighted by atomic mass is 16.4. The molecule has 0 aliphatic heterocycles. The number of fused-ring (bicyclic) bond motifs is 1. The van der Waals surface area contributed by atoms with Gasteiger partial charge < -0.3 is 9.67 Å². The highest BCUT2D eigenvalue weighted by Crippen LogP contribution is 2.22. The second-order valence-corrected chi connectivity index (χ2v) is 4.65. The third-order valence-corrected chi connectivity index (χ3v) is 2.70. The number of carboxylic acid groups (broad SMARTS) is 1. The fraction of sp³-hybridized carbons (Fsp3) is 0.438. The summed E-state index contributed by atoms with van der Waals surface area (Å²) >= 11 is 0. The lowest BCUT2D eigenvalue weighted by Crippen LogP contribution is -2.07. The summed E-state index contributed by atoms with van der Waals surface area (Å²) in [5, 5.41) is 10.0. The van der Waals surface area contributed by atoms with Gasteiger partial charge in [0.1, 0.15) is 6.54 Å². The van der Waals surface area contributed by atoms with Crippen LogP contribution in [-0.4, -0.2) is 15.6 Å². The Labute approximate surface area is 114 Å². The molecule has 0 radical (unpaired) electrons. The Kier molecular flexibility index (Phi) is 6.13. The molecular weight excluding hydrogens is 238 g/mol. The minimum absolute atomic E-state index is 0.0320. The Morgan fingerprint density at radius 2 is 1.84 bits per heavy atom. The molecule has 19 heavy (non-hydrogen) atoms. The molecule has 0 spiro atoms. The average molecular weight is 261 g/mol. The number of aliphatic carboxylic acids is 1. The second kappa shape index (κ2) is 7.62. The zero-order chi connectivity index (χ0) is 14.3. The van der Waals surface area contributed by atoms with Crippen LogP contribution in [0.25, 0.3) is 10.9 Å². The van der Waals surface area contributed by atoms with Gasteiger partial charge in [-0.05, 0) is 18.1 Å². The van der Waals surface area contributed by atoms with E-state index < -0.39 is 5.97 Å². The van der Waals surface area contributed by atoms with Crippen LogP contribution in [0.3, 0.4) is 0 Å². The number of aromatic nitrogens is 1. The first-order chi connectivity index (χ1) is 9.13. The van der Waals surface area contributed by atoms with Gasteiger partial charge in [0.2, 0.25) is 0 Å². The molecule has 3 nitrogen and oxygen atoms in total. The van der Waals surface area contributed by atoms with Crippen molar-refractivity contribution < 1.29 is 9.90 Å². The summed E-state index contributed by atoms with van der Waals surface area (Å²) in [5.74, 6) is -0.802. The summed E-state index contributed by atoms with van der Waals surface area (Å²) in [4.78, 5) is 10.8. The van der Waals surface area contributed by atoms with Gasteiger partial charge >= 0.3 is 5.97 Å². The molecule has 1 N–H and O–H groups in total. The van der Waals surface area contributed by atoms with Gasteiger partial charge in [-0.2, -0.15) is 0 Å². The number of para-hydroxylation sites is 1. The van der Waals surface area contributed by atoms with Gasteiger partial charge in [0.25, 0.3) is 0 Å². The Bertz CT molecular complexity index is 529. The van der Waals surface area contributed by atoms with Crippen LogP contribution in [0.2, 0.25) is 0 Å². The van der Waals surface area contributed by atoms with Crippen LogP contribution >= 0.6 is 0 Å². The predicted molar refractivity (Wildman–Crippen MR) is 79.5 cm³/mol. The predicted octanol–water partition coefficient (Wildman–Crippen LogP) is 4.09. The van der Waals surface area contributed by atoms with Crippen LogP contribution in [0.4, 0.5) is 0 Å². The van der Waals surface area contributed by atoms with Crippen molar-refractivity contribution in [1.82, 2.24) is 4.57 Å². The maximum Gasteiger partial charge on any atom is 0.323 e. The van der Waals surface area contributed by atoms with Crippen molar-refractivity contribution in [1.29, 1.82) is 0 Å². The highest BCUT2D eigenvalue weighted by molar-refractivity contribution is 5.85. The standard InChI is InChI=1S/C13H15NO2.C3H8/c1-2-5-10-8-14(9-13(15)16)12-7-4-3-6-11(10)12;1-3-2/h3-4,6-8H,2,5,9H2,1H3,(H,15,16);3H2,1-2H3. The van der Waals surface area contributed by atoms with E-state index >= 15 is 0 Å². The number of benzene rings is 1. The van der Waals surface area contributed by atoms with Crippen molar-refractivity contribution in [3.8, 4) is 0 Å². The first-order valence-electron chi connectivity index (χ1n) is 6.92. The summed E-state index contributed by atoms with van der Waals surface area (Å²) in [6, 6.07) is 7.96. The SMILES string of the molecule is CCC.CCCc1cn(CC(=O)O)c2ccccc12. The zero-order valence-corrected chi connectivity index (χ0v) is 12.0. The van der Waals surface area contributed by atoms with Gasteiger partial charge in [-0.3, -0.25) is 4.79 Å². The van der Waals surface area contributed by atoms with Crippen molar-refractivity contribution in [2.75, 3.05) is 0 Å². The average Bonchev–Trinajstić information content (AvgIpc) is 2.69. The number of carbonyl (C=O) groups is 1. The van der Waals surface area contributed by atoms with Crippen molar-refractivity contribution in [3.05, 3.63) is 36.0 Å². The minimum atomic E-state index is -0.802. The van der Waals surface area contributed by atoms with E-state index in [1.54, 1.807) is 0 Å². The molecule has 0 bridgehead atoms. The van der Waals surface area contributed by atoms with Crippen molar-refractivity contribution in [2.24, 2.45) is 0 Å². The van der Waals surface area contributed by atoms with Gasteiger partial charge in [0.15, 0.2) is 0 Å². The molecule has 0 amide bonds. The number of hydrogen-bond donors (Lipinski definition) is 1. The molecule has 0 saturated carbocycles. The molecule has 0 aliphatic carbocycles. The molecule has 3 heteroatoms. The molecule has 1 heterocycles. The minimum Gasteiger partial charge on any atom is -0.480 e. The Balaban J connectivity index is 0.000000550. The summed E-state index contributed by atoms with van der Waals surface area (Å²) in [6.45, 7) is 6.41. The van der Waals surface area contributed by atoms with E-state index in [1.807, 2.05) is 29.0 Å². The Morgan fingerprint density at radius 3 is 2.42 bits per heavy atom. The van der Waals surface area contributed by atoms with E-state index in [0.29, 0.717) is 0 Å². The Morgan fingerprint density at radius 1 is 1.21 bits per heavy atom. The quantitative estimate of drug-likeness (QED) is 0.900. The molecule has 2 rings (SSSR count). The zero-order valence-electron chi connectivity index (χ0n) is 12.0. The summed E-state index contributed by atoms with van der Waals surface area (Å²) in [7, 11) is 0. The van der Waals surface area contributed by atoms with Gasteiger partial charge in [-0.25, -0.2) is 0 Å². The maximum atomic E-state index is 10.8. The molecular formula is C16H23NO2. The fourth-order valence-electron chi connectivity index (χ4n) is 2.07. The number of nitrogens with zero attached hydrogens (tertiary/aromatic N) is 1. The number of rotatable bonds is 4. The van der Waals surface area contributed by atoms with E-state index in [0.717, 1.165) is 18.4 Å². The summed E-state index contributed by atoms with van der Waals surface area (Å²) in [6.07, 6.45) is 5.27. The van der Waals surface area contributed by atoms with E-state index in [2.05, 4.69) is 26.8 Å². The summed E-state index contributed by atoms with van der Waals surface area (Å²) in [5.41, 5.74) is 2.24. The molecule has 1 aromatic heterocycles. The van der Waals surface area contributed by atoms with Crippen LogP contribution in [0.1, 0.15) is 39.2 Å². The van der Waals surface area contributed by atoms with Gasteiger partial charge in [-0.15, -0.1) is 0 Å². The van der Waals surface area contributed by atoms with Gasteiger partial charge in [-0.1, -0.05) is 51.8 Å². The lowest BCUT2D eigenvalue weighted by molar-refractivity contribution is -0.137. The molecule has 0 saturated heterocycles. The van der Waals surface area contributed by atoms with Crippen molar-refractivity contribution in [2.45, 2.75) is 46.6 Å². The number of aryl methyl sites for hydroxylation is 1. The Hall–Kier alpha value is -1.77. The topological polar surface area (TPSA) is 42.2 Å². The van der Waals surface area contributed by atoms with Crippen LogP contribution in [0, 0.1) is 0 Å². The largest absolute Gasteiger partial charge is 0.480 e. The maximum absolute atomic E-state index is 10.8. The molecule has 0 fully saturated rings. The van der Waals surface area contributed by atoms with Crippen LogP contribution < -0.4 is 0 Å². The lowest BCUT2D eigenvalue weighted by atomic mass is 10.1. The summed E-state index contributed by atoms with van der Waals surface area (Å²) < 4.78 is 1.81. The highest BCUT2D eigenvalue weighted by Gasteiger charge is 2.08. The molecule has 104 valence electrons. The third-order valence-electron chi connectivity index (χ3n) is 2.70. The normalized spacial score (nSPS) is 10.1. The van der Waals surface area contributed by atoms with E-state index in [9.17, 15) is 4.79 Å². The van der Waals surface area contributed by atoms with Crippen molar-refractivity contribution in [3.63, 3.8) is 0 Å². The first-order valence-corrected chi connectivity index (χ1v) is 6.92. The lowest BCUT2D eigenvalue weighted by Gasteiger charge is -1.99. The van der Waals surface area contributed by atoms with Gasteiger partial charge in [0.05, 0.1) is 0 Å². The van der Waals surface area contributed by atoms with Crippen molar-refractivity contribution >= 4 is 16.9 Å². The monoisotopic (exact) mass is 261 g/mol. The van der Waals surface area contributed by atoms with Crippen LogP contribution in [0.5, 0.6) is 0 Å². The van der Waals surface area contributed by atoms with Gasteiger partial charge in [0, 0.05) is 17.1 Å². The molecule has 0 aliphatic rings. The van der Waals surface area contributed by atoms with E-state index in [-0.39, 0.29) is 6.54 Å². The smallest absolute Gasteiger partial charge is 0.323 e.